The molecular formula is C54H74N4O11. The Labute approximate surface area is 407 Å². The molecule has 3 aromatic rings. The topological polar surface area (TPSA) is 231 Å². The summed E-state index contributed by atoms with van der Waals surface area (Å²) in [5.74, 6) is -6.30. The van der Waals surface area contributed by atoms with Crippen molar-refractivity contribution >= 4 is 41.2 Å². The van der Waals surface area contributed by atoms with Crippen LogP contribution in [-0.2, 0) is 46.4 Å². The number of hydrogen-bond acceptors (Lipinski definition) is 10. The molecule has 0 spiro atoms. The molecule has 4 bridgehead atoms. The zero-order chi connectivity index (χ0) is 50.5. The molecule has 5 atom stereocenters. The van der Waals surface area contributed by atoms with Crippen LogP contribution < -0.4 is 10.6 Å². The summed E-state index contributed by atoms with van der Waals surface area (Å²) >= 11 is 0. The Morgan fingerprint density at radius 3 is 1.90 bits per heavy atom. The monoisotopic (exact) mass is 955 g/mol. The van der Waals surface area contributed by atoms with Crippen molar-refractivity contribution in [1.82, 2.24) is 20.4 Å². The van der Waals surface area contributed by atoms with E-state index in [1.54, 1.807) is 30.3 Å². The molecule has 4 rings (SSSR count). The highest BCUT2D eigenvalue weighted by atomic mass is 16.4. The van der Waals surface area contributed by atoms with Gasteiger partial charge in [-0.25, -0.2) is 4.79 Å². The van der Waals surface area contributed by atoms with E-state index in [1.807, 2.05) is 0 Å². The molecule has 0 radical (unpaired) electrons. The molecule has 1 heterocycles. The van der Waals surface area contributed by atoms with Gasteiger partial charge in [-0.15, -0.1) is 0 Å². The second kappa shape index (κ2) is 28.4. The molecule has 376 valence electrons. The number of carboxylic acid groups (broad SMARTS) is 1. The Balaban J connectivity index is 1.44. The van der Waals surface area contributed by atoms with Crippen LogP contribution in [0.2, 0.25) is 0 Å². The van der Waals surface area contributed by atoms with Crippen LogP contribution in [0.15, 0.2) is 66.7 Å². The number of carbonyl (C=O) groups excluding carboxylic acids is 6. The smallest absolute Gasteiger partial charge is 0.326 e. The third-order valence-electron chi connectivity index (χ3n) is 13.2. The number of carboxylic acids is 1. The van der Waals surface area contributed by atoms with Crippen molar-refractivity contribution in [3.8, 4) is 22.6 Å². The number of rotatable bonds is 26. The highest BCUT2D eigenvalue weighted by Crippen LogP contribution is 2.39. The van der Waals surface area contributed by atoms with Crippen molar-refractivity contribution in [3.05, 3.63) is 83.4 Å². The minimum Gasteiger partial charge on any atom is -0.507 e. The number of ketones is 2. The lowest BCUT2D eigenvalue weighted by atomic mass is 9.89. The van der Waals surface area contributed by atoms with E-state index in [9.17, 15) is 54.0 Å². The number of nitrogens with zero attached hydrogens (tertiary/aromatic N) is 2. The number of aromatic hydroxyl groups is 2. The minimum atomic E-state index is -1.37. The van der Waals surface area contributed by atoms with E-state index in [4.69, 9.17) is 0 Å². The first-order valence-electron chi connectivity index (χ1n) is 24.8. The number of nitrogens with one attached hydrogen (secondary N) is 2. The Bertz CT molecular complexity index is 2200. The molecule has 0 saturated carbocycles. The lowest BCUT2D eigenvalue weighted by molar-refractivity contribution is -0.143. The summed E-state index contributed by atoms with van der Waals surface area (Å²) in [5.41, 5.74) is 1.62. The fraction of sp³-hybridized carbons (Fsp3) is 0.537. The Kier molecular flexibility index (Phi) is 22.9. The normalized spacial score (nSPS) is 16.9. The largest absolute Gasteiger partial charge is 0.507 e. The number of aliphatic hydroxyl groups excluding tert-OH is 1. The number of phenols is 2. The molecule has 0 fully saturated rings. The number of Topliss-reactive ketones (excluding diaryl/α,β-unsaturated/α-hetero) is 2. The molecule has 0 unspecified atom stereocenters. The van der Waals surface area contributed by atoms with Crippen LogP contribution in [-0.4, -0.2) is 110 Å². The maximum absolute atomic E-state index is 14.2. The fourth-order valence-electron chi connectivity index (χ4n) is 8.86. The number of fused-ring (bicyclic) bond motifs is 5. The van der Waals surface area contributed by atoms with Crippen LogP contribution in [0.4, 0.5) is 0 Å². The SMILES string of the molecule is CCCCCCCCCCCCCCCC(=O)N(C)[C@H](CO)C(=O)N[C@H](Cc1ccccc1)C(=O)CCC(=O)N(C)[C@@H]1C(=O)C[C@@H](C)C(=O)N[C@H](C(=O)O)Cc2ccc(O)c(c2)-c2cc1ccc2O. The van der Waals surface area contributed by atoms with E-state index in [2.05, 4.69) is 17.6 Å². The Morgan fingerprint density at radius 2 is 1.30 bits per heavy atom. The number of phenolic OH excluding ortho intramolecular Hbond substituents is 2. The van der Waals surface area contributed by atoms with Crippen LogP contribution in [0.5, 0.6) is 11.5 Å². The van der Waals surface area contributed by atoms with Gasteiger partial charge in [0.05, 0.1) is 12.6 Å². The number of hydrogen-bond donors (Lipinski definition) is 6. The standard InChI is InChI=1S/C54H74N4O11/c1-5-6-7-8-9-10-11-12-13-14-15-16-20-23-49(64)57(3)44(35-59)53(67)55-42(32-37-21-18-17-19-22-37)47(62)28-29-50(65)58(4)51-39-25-27-46(61)41(34-39)40-31-38(24-26-45(40)60)33-43(54(68)69)56-52(66)36(2)30-48(51)63/h17-19,21-22,24-27,31,34,36,42-44,51,59-61H,5-16,20,23,28-30,32-33,35H2,1-4H3,(H,55,67)(H,56,66)(H,68,69)/t36-,42-,43+,44-,51+/m1/s1. The van der Waals surface area contributed by atoms with Crippen LogP contribution in [0.1, 0.15) is 146 Å². The quantitative estimate of drug-likeness (QED) is 0.0435. The first kappa shape index (κ1) is 55.5. The highest BCUT2D eigenvalue weighted by Gasteiger charge is 2.35. The zero-order valence-electron chi connectivity index (χ0n) is 40.9. The van der Waals surface area contributed by atoms with Gasteiger partial charge in [-0.2, -0.15) is 0 Å². The second-order valence-corrected chi connectivity index (χ2v) is 18.6. The maximum Gasteiger partial charge on any atom is 0.326 e. The number of aliphatic carboxylic acids is 1. The number of likely N-dealkylation sites (N-methyl/N-ethyl adjacent to an activating group) is 2. The molecule has 0 aromatic heterocycles. The van der Waals surface area contributed by atoms with E-state index in [-0.39, 0.29) is 59.8 Å². The second-order valence-electron chi connectivity index (χ2n) is 18.6. The molecule has 0 aliphatic carbocycles. The van der Waals surface area contributed by atoms with E-state index >= 15 is 0 Å². The predicted molar refractivity (Wildman–Crippen MR) is 263 cm³/mol. The van der Waals surface area contributed by atoms with Gasteiger partial charge in [-0.05, 0) is 53.8 Å². The lowest BCUT2D eigenvalue weighted by Crippen LogP contribution is -2.54. The minimum absolute atomic E-state index is 0.0539. The van der Waals surface area contributed by atoms with Gasteiger partial charge in [0.25, 0.3) is 0 Å². The Morgan fingerprint density at radius 1 is 0.725 bits per heavy atom. The van der Waals surface area contributed by atoms with Gasteiger partial charge in [0.2, 0.25) is 23.6 Å². The van der Waals surface area contributed by atoms with E-state index in [1.165, 1.54) is 120 Å². The fourth-order valence-corrected chi connectivity index (χ4v) is 8.86. The summed E-state index contributed by atoms with van der Waals surface area (Å²) in [6.45, 7) is 3.01. The van der Waals surface area contributed by atoms with Crippen LogP contribution >= 0.6 is 0 Å². The summed E-state index contributed by atoms with van der Waals surface area (Å²) in [5, 5.41) is 47.4. The summed E-state index contributed by atoms with van der Waals surface area (Å²) in [6.07, 6.45) is 14.0. The number of unbranched alkanes of at least 4 members (excludes halogenated alkanes) is 12. The average Bonchev–Trinajstić information content (AvgIpc) is 3.32. The molecule has 1 aliphatic heterocycles. The molecule has 1 aliphatic rings. The summed E-state index contributed by atoms with van der Waals surface area (Å²) in [7, 11) is 2.82. The van der Waals surface area contributed by atoms with Crippen molar-refractivity contribution in [2.75, 3.05) is 20.7 Å². The van der Waals surface area contributed by atoms with Crippen molar-refractivity contribution in [3.63, 3.8) is 0 Å². The van der Waals surface area contributed by atoms with Crippen LogP contribution in [0.3, 0.4) is 0 Å². The number of amides is 4. The summed E-state index contributed by atoms with van der Waals surface area (Å²) in [4.78, 5) is 97.1. The average molecular weight is 955 g/mol. The van der Waals surface area contributed by atoms with Gasteiger partial charge in [0.1, 0.15) is 29.6 Å². The Hall–Kier alpha value is -6.09. The molecule has 3 aromatic carbocycles. The van der Waals surface area contributed by atoms with Gasteiger partial charge >= 0.3 is 5.97 Å². The number of aliphatic hydroxyl groups is 1. The highest BCUT2D eigenvalue weighted by molar-refractivity contribution is 5.97. The van der Waals surface area contributed by atoms with Crippen molar-refractivity contribution in [1.29, 1.82) is 0 Å². The first-order chi connectivity index (χ1) is 33.1. The maximum atomic E-state index is 14.2. The number of carbonyl (C=O) groups is 7. The molecule has 0 saturated heterocycles. The van der Waals surface area contributed by atoms with Gasteiger partial charge in [0.15, 0.2) is 11.6 Å². The molecule has 6 N–H and O–H groups in total. The third-order valence-corrected chi connectivity index (χ3v) is 13.2. The molecular weight excluding hydrogens is 881 g/mol. The van der Waals surface area contributed by atoms with Crippen LogP contribution in [0, 0.1) is 5.92 Å². The van der Waals surface area contributed by atoms with Gasteiger partial charge in [-0.1, -0.05) is 133 Å². The van der Waals surface area contributed by atoms with Gasteiger partial charge < -0.3 is 40.9 Å². The molecule has 4 amide bonds. The lowest BCUT2D eigenvalue weighted by Gasteiger charge is -2.30. The zero-order valence-corrected chi connectivity index (χ0v) is 40.9. The molecule has 15 heteroatoms. The van der Waals surface area contributed by atoms with E-state index in [0.29, 0.717) is 17.5 Å². The predicted octanol–water partition coefficient (Wildman–Crippen LogP) is 7.36. The van der Waals surface area contributed by atoms with E-state index < -0.39 is 84.8 Å². The van der Waals surface area contributed by atoms with Crippen molar-refractivity contribution in [2.45, 2.75) is 160 Å². The molecule has 69 heavy (non-hydrogen) atoms. The van der Waals surface area contributed by atoms with Crippen molar-refractivity contribution in [2.24, 2.45) is 5.92 Å². The van der Waals surface area contributed by atoms with Gasteiger partial charge in [-0.3, -0.25) is 28.8 Å². The number of benzene rings is 3. The summed E-state index contributed by atoms with van der Waals surface area (Å²) < 4.78 is 0. The van der Waals surface area contributed by atoms with Crippen molar-refractivity contribution < 1.29 is 54.0 Å². The van der Waals surface area contributed by atoms with E-state index in [0.717, 1.165) is 24.2 Å². The third kappa shape index (κ3) is 17.1. The van der Waals surface area contributed by atoms with Gasteiger partial charge in [0, 0.05) is 63.2 Å². The first-order valence-corrected chi connectivity index (χ1v) is 24.8. The molecule has 15 nitrogen and oxygen atoms in total. The summed E-state index contributed by atoms with van der Waals surface area (Å²) in [6, 6.07) is 12.3. The van der Waals surface area contributed by atoms with Crippen LogP contribution in [0.25, 0.3) is 11.1 Å².